The molecule has 65 heavy (non-hydrogen) atoms. The smallest absolute Gasteiger partial charge is 0.235 e. The summed E-state index contributed by atoms with van der Waals surface area (Å²) in [6.45, 7) is 3.88. The Bertz CT molecular complexity index is 2230. The molecule has 0 unspecified atom stereocenters. The highest BCUT2D eigenvalue weighted by atomic mass is 16.7. The van der Waals surface area contributed by atoms with E-state index in [0.717, 1.165) is 33.4 Å². The van der Waals surface area contributed by atoms with Crippen molar-refractivity contribution in [2.24, 2.45) is 4.99 Å². The fourth-order valence-corrected chi connectivity index (χ4v) is 7.80. The van der Waals surface area contributed by atoms with Gasteiger partial charge in [-0.1, -0.05) is 189 Å². The molecule has 0 amide bonds. The summed E-state index contributed by atoms with van der Waals surface area (Å²) in [7, 11) is 0. The third-order valence-electron chi connectivity index (χ3n) is 11.2. The van der Waals surface area contributed by atoms with Gasteiger partial charge in [-0.05, 0) is 39.8 Å². The maximum atomic E-state index is 12.3. The molecule has 6 aromatic carbocycles. The molecule has 0 aromatic heterocycles. The van der Waals surface area contributed by atoms with Gasteiger partial charge in [0.2, 0.25) is 6.08 Å². The molecule has 6 aromatic rings. The van der Waals surface area contributed by atoms with E-state index in [9.17, 15) is 4.79 Å². The molecule has 7 rings (SSSR count). The van der Waals surface area contributed by atoms with Crippen molar-refractivity contribution in [3.05, 3.63) is 215 Å². The predicted molar refractivity (Wildman–Crippen MR) is 248 cm³/mol. The van der Waals surface area contributed by atoms with E-state index in [2.05, 4.69) is 4.99 Å². The van der Waals surface area contributed by atoms with Crippen molar-refractivity contribution >= 4 is 6.08 Å². The van der Waals surface area contributed by atoms with Gasteiger partial charge in [0.25, 0.3) is 0 Å². The average molecular weight is 878 g/mol. The van der Waals surface area contributed by atoms with Crippen molar-refractivity contribution in [2.75, 3.05) is 13.2 Å². The van der Waals surface area contributed by atoms with E-state index in [1.165, 1.54) is 0 Å². The summed E-state index contributed by atoms with van der Waals surface area (Å²) in [5, 5.41) is 0. The number of aliphatic imine (C=N–C) groups is 1. The fourth-order valence-electron chi connectivity index (χ4n) is 7.80. The monoisotopic (exact) mass is 877 g/mol. The quantitative estimate of drug-likeness (QED) is 0.0389. The van der Waals surface area contributed by atoms with Crippen LogP contribution < -0.4 is 0 Å². The second-order valence-corrected chi connectivity index (χ2v) is 16.0. The zero-order valence-electron chi connectivity index (χ0n) is 36.9. The highest BCUT2D eigenvalue weighted by Crippen LogP contribution is 2.32. The van der Waals surface area contributed by atoms with E-state index >= 15 is 0 Å². The molecule has 1 aliphatic rings. The Morgan fingerprint density at radius 2 is 0.892 bits per heavy atom. The molecular weight excluding hydrogens is 819 g/mol. The number of carbonyl (C=O) groups excluding carboxylic acids is 1. The summed E-state index contributed by atoms with van der Waals surface area (Å²) in [5.74, 6) is 0. The van der Waals surface area contributed by atoms with Gasteiger partial charge < -0.3 is 37.9 Å². The van der Waals surface area contributed by atoms with Gasteiger partial charge in [0.05, 0.1) is 59.0 Å². The molecule has 10 nitrogen and oxygen atoms in total. The van der Waals surface area contributed by atoms with Crippen molar-refractivity contribution in [1.29, 1.82) is 0 Å². The number of ether oxygens (including phenoxy) is 8. The first-order valence-electron chi connectivity index (χ1n) is 22.4. The van der Waals surface area contributed by atoms with Crippen LogP contribution in [0.2, 0.25) is 0 Å². The Kier molecular flexibility index (Phi) is 19.2. The zero-order valence-corrected chi connectivity index (χ0v) is 36.9. The van der Waals surface area contributed by atoms with Crippen LogP contribution in [0.4, 0.5) is 0 Å². The highest BCUT2D eigenvalue weighted by molar-refractivity contribution is 5.34. The van der Waals surface area contributed by atoms with E-state index in [4.69, 9.17) is 37.9 Å². The Morgan fingerprint density at radius 3 is 1.34 bits per heavy atom. The first-order chi connectivity index (χ1) is 32.2. The van der Waals surface area contributed by atoms with E-state index < -0.39 is 49.0 Å². The lowest BCUT2D eigenvalue weighted by Crippen LogP contribution is -2.62. The summed E-state index contributed by atoms with van der Waals surface area (Å²) < 4.78 is 54.0. The fraction of sp³-hybridized carbons (Fsp3) is 0.327. The summed E-state index contributed by atoms with van der Waals surface area (Å²) in [6, 6.07) is 58.9. The van der Waals surface area contributed by atoms with Crippen molar-refractivity contribution in [1.82, 2.24) is 0 Å². The van der Waals surface area contributed by atoms with Gasteiger partial charge in [0.15, 0.2) is 6.29 Å². The lowest BCUT2D eigenvalue weighted by Gasteiger charge is -2.46. The zero-order chi connectivity index (χ0) is 44.7. The van der Waals surface area contributed by atoms with Crippen LogP contribution in [0.15, 0.2) is 187 Å². The minimum absolute atomic E-state index is 0.0890. The standard InChI is InChI=1S/C55H59NO9/c1-2-49(59-34-43-23-11-4-12-24-43)51(60-35-44-25-13-5-14-26-44)48(56-41-57)39-64-55-54(63-38-47-31-19-8-20-32-47)53(62-37-46-29-17-7-18-30-46)52(61-36-45-27-15-6-16-28-45)50(65-55)40-58-33-42-21-9-3-10-22-42/h3-32,48-55H,2,33-40H2,1H3/t48-,49+,50+,51-,52-,53-,54+,55-/m0/s1. The molecule has 1 heterocycles. The van der Waals surface area contributed by atoms with E-state index in [1.807, 2.05) is 189 Å². The van der Waals surface area contributed by atoms with Crippen molar-refractivity contribution in [3.63, 3.8) is 0 Å². The Labute approximate surface area is 383 Å². The van der Waals surface area contributed by atoms with Crippen molar-refractivity contribution < 1.29 is 42.7 Å². The van der Waals surface area contributed by atoms with Crippen LogP contribution in [0.3, 0.4) is 0 Å². The summed E-state index contributed by atoms with van der Waals surface area (Å²) in [6.07, 6.45) is -2.64. The molecule has 1 aliphatic heterocycles. The Balaban J connectivity index is 1.20. The average Bonchev–Trinajstić information content (AvgIpc) is 3.36. The molecule has 0 N–H and O–H groups in total. The second-order valence-electron chi connectivity index (χ2n) is 16.0. The molecule has 0 radical (unpaired) electrons. The van der Waals surface area contributed by atoms with Gasteiger partial charge >= 0.3 is 0 Å². The van der Waals surface area contributed by atoms with Crippen molar-refractivity contribution in [3.8, 4) is 0 Å². The third kappa shape index (κ3) is 15.0. The normalized spacial score (nSPS) is 19.7. The lowest BCUT2D eigenvalue weighted by molar-refractivity contribution is -0.329. The minimum atomic E-state index is -1.02. The van der Waals surface area contributed by atoms with E-state index in [0.29, 0.717) is 26.2 Å². The molecule has 0 bridgehead atoms. The van der Waals surface area contributed by atoms with Gasteiger partial charge in [-0.3, -0.25) is 0 Å². The number of hydrogen-bond acceptors (Lipinski definition) is 10. The molecule has 0 saturated carbocycles. The Morgan fingerprint density at radius 1 is 0.492 bits per heavy atom. The predicted octanol–water partition coefficient (Wildman–Crippen LogP) is 9.99. The van der Waals surface area contributed by atoms with Crippen LogP contribution >= 0.6 is 0 Å². The maximum absolute atomic E-state index is 12.3. The van der Waals surface area contributed by atoms with Crippen LogP contribution in [0.25, 0.3) is 0 Å². The Hall–Kier alpha value is -5.62. The molecule has 338 valence electrons. The number of benzene rings is 6. The van der Waals surface area contributed by atoms with Gasteiger partial charge in [0, 0.05) is 0 Å². The summed E-state index contributed by atoms with van der Waals surface area (Å²) in [4.78, 5) is 16.6. The SMILES string of the molecule is CC[C@@H](OCc1ccccc1)[C@@H](OCc1ccccc1)[C@H](CO[C@H]1O[C@H](COCc2ccccc2)[C@H](OCc2ccccc2)[C@H](OCc2ccccc2)[C@H]1OCc1ccccc1)N=C=O. The molecule has 0 aliphatic carbocycles. The number of rotatable bonds is 26. The number of isocyanates is 1. The van der Waals surface area contributed by atoms with E-state index in [-0.39, 0.29) is 33.0 Å². The molecule has 1 saturated heterocycles. The summed E-state index contributed by atoms with van der Waals surface area (Å²) >= 11 is 0. The number of hydrogen-bond donors (Lipinski definition) is 0. The van der Waals surface area contributed by atoms with Crippen molar-refractivity contribution in [2.45, 2.75) is 102 Å². The van der Waals surface area contributed by atoms with E-state index in [1.54, 1.807) is 6.08 Å². The molecule has 0 spiro atoms. The largest absolute Gasteiger partial charge is 0.374 e. The van der Waals surface area contributed by atoms with Gasteiger partial charge in [-0.2, -0.15) is 4.99 Å². The van der Waals surface area contributed by atoms with Crippen LogP contribution in [-0.4, -0.2) is 68.2 Å². The number of nitrogens with zero attached hydrogens (tertiary/aromatic N) is 1. The second kappa shape index (κ2) is 26.4. The topological polar surface area (TPSA) is 103 Å². The van der Waals surface area contributed by atoms with Crippen LogP contribution in [0.1, 0.15) is 46.7 Å². The third-order valence-corrected chi connectivity index (χ3v) is 11.2. The summed E-state index contributed by atoms with van der Waals surface area (Å²) in [5.41, 5.74) is 5.94. The molecule has 8 atom stereocenters. The molecular formula is C55H59NO9. The lowest BCUT2D eigenvalue weighted by atomic mass is 9.97. The van der Waals surface area contributed by atoms with Gasteiger partial charge in [-0.25, -0.2) is 4.79 Å². The highest BCUT2D eigenvalue weighted by Gasteiger charge is 2.49. The van der Waals surface area contributed by atoms with Crippen LogP contribution in [0.5, 0.6) is 0 Å². The van der Waals surface area contributed by atoms with Gasteiger partial charge in [-0.15, -0.1) is 0 Å². The maximum Gasteiger partial charge on any atom is 0.235 e. The molecule has 10 heteroatoms. The first-order valence-corrected chi connectivity index (χ1v) is 22.4. The van der Waals surface area contributed by atoms with Gasteiger partial charge in [0.1, 0.15) is 36.6 Å². The molecule has 1 fully saturated rings. The minimum Gasteiger partial charge on any atom is -0.374 e. The van der Waals surface area contributed by atoms with Crippen LogP contribution in [0, 0.1) is 0 Å². The van der Waals surface area contributed by atoms with Crippen LogP contribution in [-0.2, 0) is 82.3 Å². The first kappa shape index (κ1) is 47.3.